The molecule has 12 rings (SSSR count). The molecule has 1 aliphatic carbocycles. The number of para-hydroxylation sites is 1. The average Bonchev–Trinajstić information content (AvgIpc) is 3.75. The van der Waals surface area contributed by atoms with Crippen molar-refractivity contribution in [2.24, 2.45) is 0 Å². The quantitative estimate of drug-likeness (QED) is 0.164. The predicted molar refractivity (Wildman–Crippen MR) is 246 cm³/mol. The first-order chi connectivity index (χ1) is 28.5. The summed E-state index contributed by atoms with van der Waals surface area (Å²) in [5, 5.41) is 9.83. The van der Waals surface area contributed by atoms with Crippen molar-refractivity contribution >= 4 is 54.3 Å². The minimum Gasteiger partial charge on any atom is -0.456 e. The van der Waals surface area contributed by atoms with E-state index in [0.29, 0.717) is 0 Å². The third-order valence-electron chi connectivity index (χ3n) is 12.8. The molecule has 1 heteroatoms. The lowest BCUT2D eigenvalue weighted by molar-refractivity contribution is 0.661. The van der Waals surface area contributed by atoms with E-state index in [9.17, 15) is 0 Å². The largest absolute Gasteiger partial charge is 0.456 e. The van der Waals surface area contributed by atoms with E-state index in [0.717, 1.165) is 21.9 Å². The highest BCUT2D eigenvalue weighted by atomic mass is 16.3. The summed E-state index contributed by atoms with van der Waals surface area (Å²) in [7, 11) is 0. The van der Waals surface area contributed by atoms with Gasteiger partial charge in [0.15, 0.2) is 0 Å². The first kappa shape index (κ1) is 33.0. The lowest BCUT2D eigenvalue weighted by atomic mass is 9.81. The molecule has 1 nitrogen and oxygen atoms in total. The highest BCUT2D eigenvalue weighted by Crippen LogP contribution is 2.54. The Labute approximate surface area is 337 Å². The zero-order valence-electron chi connectivity index (χ0n) is 32.4. The van der Waals surface area contributed by atoms with E-state index >= 15 is 0 Å². The molecule has 0 N–H and O–H groups in total. The number of furan rings is 1. The van der Waals surface area contributed by atoms with E-state index < -0.39 is 0 Å². The Morgan fingerprint density at radius 1 is 0.310 bits per heavy atom. The number of hydrogen-bond donors (Lipinski definition) is 0. The van der Waals surface area contributed by atoms with Crippen molar-refractivity contribution in [2.45, 2.75) is 19.3 Å². The predicted octanol–water partition coefficient (Wildman–Crippen LogP) is 16.0. The second kappa shape index (κ2) is 12.4. The van der Waals surface area contributed by atoms with Gasteiger partial charge in [-0.3, -0.25) is 0 Å². The summed E-state index contributed by atoms with van der Waals surface area (Å²) < 4.78 is 6.23. The molecule has 1 heterocycles. The summed E-state index contributed by atoms with van der Waals surface area (Å²) in [5.41, 5.74) is 17.1. The van der Waals surface area contributed by atoms with E-state index in [4.69, 9.17) is 4.42 Å². The van der Waals surface area contributed by atoms with Crippen LogP contribution in [0.25, 0.3) is 110 Å². The van der Waals surface area contributed by atoms with Crippen molar-refractivity contribution in [2.75, 3.05) is 0 Å². The number of hydrogen-bond acceptors (Lipinski definition) is 1. The van der Waals surface area contributed by atoms with Gasteiger partial charge in [-0.15, -0.1) is 0 Å². The standard InChI is InChI=1S/C57H38O/c1-57(2)50-27-14-26-41(56(50)49-32-35-15-3-4-16-36(35)34-51(49)57)37-17-13-18-39(31-37)54-44-22-7-9-24-46(44)55(47-25-10-8-23-45(47)54)43-21-6-5-19-40(43)38-29-30-53-48(33-38)42-20-11-12-28-52(42)58-53/h3-34H,1-2H3. The Morgan fingerprint density at radius 3 is 1.62 bits per heavy atom. The van der Waals surface area contributed by atoms with Crippen LogP contribution in [-0.4, -0.2) is 0 Å². The molecule has 0 spiro atoms. The first-order valence-corrected chi connectivity index (χ1v) is 20.3. The summed E-state index contributed by atoms with van der Waals surface area (Å²) in [6.45, 7) is 4.75. The molecule has 0 unspecified atom stereocenters. The van der Waals surface area contributed by atoms with E-state index in [-0.39, 0.29) is 5.41 Å². The Hall–Kier alpha value is -7.22. The summed E-state index contributed by atoms with van der Waals surface area (Å²) in [4.78, 5) is 0. The molecule has 1 aromatic heterocycles. The fourth-order valence-electron chi connectivity index (χ4n) is 10.1. The topological polar surface area (TPSA) is 13.1 Å². The van der Waals surface area contributed by atoms with Crippen molar-refractivity contribution in [3.8, 4) is 55.6 Å². The molecule has 0 bridgehead atoms. The maximum absolute atomic E-state index is 6.23. The molecule has 1 aliphatic rings. The lowest BCUT2D eigenvalue weighted by Crippen LogP contribution is -2.14. The highest BCUT2D eigenvalue weighted by Gasteiger charge is 2.37. The molecule has 0 amide bonds. The molecular weight excluding hydrogens is 701 g/mol. The minimum absolute atomic E-state index is 0.0983. The summed E-state index contributed by atoms with van der Waals surface area (Å²) in [6.07, 6.45) is 0. The van der Waals surface area contributed by atoms with Crippen molar-refractivity contribution in [1.29, 1.82) is 0 Å². The van der Waals surface area contributed by atoms with Crippen LogP contribution in [0.2, 0.25) is 0 Å². The van der Waals surface area contributed by atoms with Crippen LogP contribution in [0.3, 0.4) is 0 Å². The van der Waals surface area contributed by atoms with Crippen molar-refractivity contribution < 1.29 is 4.42 Å². The SMILES string of the molecule is CC1(C)c2cc3ccccc3cc2-c2c(-c3cccc(-c4c5ccccc5c(-c5ccccc5-c5ccc6oc7ccccc7c6c5)c5ccccc45)c3)cccc21. The Morgan fingerprint density at radius 2 is 0.862 bits per heavy atom. The van der Waals surface area contributed by atoms with E-state index in [1.807, 2.05) is 12.1 Å². The van der Waals surface area contributed by atoms with Crippen LogP contribution in [-0.2, 0) is 5.41 Å². The van der Waals surface area contributed by atoms with Crippen LogP contribution in [0.15, 0.2) is 199 Å². The number of rotatable bonds is 4. The van der Waals surface area contributed by atoms with Gasteiger partial charge in [-0.2, -0.15) is 0 Å². The van der Waals surface area contributed by atoms with E-state index in [2.05, 4.69) is 196 Å². The lowest BCUT2D eigenvalue weighted by Gasteiger charge is -2.22. The third-order valence-corrected chi connectivity index (χ3v) is 12.8. The van der Waals surface area contributed by atoms with Crippen LogP contribution in [0, 0.1) is 0 Å². The third kappa shape index (κ3) is 4.77. The Kier molecular flexibility index (Phi) is 7.04. The molecule has 0 saturated carbocycles. The second-order valence-electron chi connectivity index (χ2n) is 16.4. The Balaban J connectivity index is 1.07. The van der Waals surface area contributed by atoms with Crippen molar-refractivity contribution in [3.63, 3.8) is 0 Å². The van der Waals surface area contributed by atoms with Crippen LogP contribution >= 0.6 is 0 Å². The van der Waals surface area contributed by atoms with Crippen molar-refractivity contribution in [1.82, 2.24) is 0 Å². The molecule has 10 aromatic carbocycles. The fourth-order valence-corrected chi connectivity index (χ4v) is 10.1. The number of benzene rings is 10. The second-order valence-corrected chi connectivity index (χ2v) is 16.4. The van der Waals surface area contributed by atoms with Gasteiger partial charge in [-0.25, -0.2) is 0 Å². The summed E-state index contributed by atoms with van der Waals surface area (Å²) in [5.74, 6) is 0. The van der Waals surface area contributed by atoms with Gasteiger partial charge in [0.05, 0.1) is 0 Å². The van der Waals surface area contributed by atoms with Gasteiger partial charge in [0.1, 0.15) is 11.2 Å². The fraction of sp³-hybridized carbons (Fsp3) is 0.0526. The zero-order chi connectivity index (χ0) is 38.5. The maximum atomic E-state index is 6.23. The van der Waals surface area contributed by atoms with Gasteiger partial charge in [0.2, 0.25) is 0 Å². The molecule has 0 saturated heterocycles. The molecule has 0 fully saturated rings. The molecule has 272 valence electrons. The van der Waals surface area contributed by atoms with Gasteiger partial charge in [0, 0.05) is 16.2 Å². The van der Waals surface area contributed by atoms with Crippen LogP contribution < -0.4 is 0 Å². The molecule has 0 radical (unpaired) electrons. The number of fused-ring (bicyclic) bond motifs is 9. The van der Waals surface area contributed by atoms with Crippen LogP contribution in [0.4, 0.5) is 0 Å². The maximum Gasteiger partial charge on any atom is 0.135 e. The molecule has 0 aliphatic heterocycles. The molecule has 0 atom stereocenters. The van der Waals surface area contributed by atoms with Gasteiger partial charge in [-0.05, 0) is 135 Å². The van der Waals surface area contributed by atoms with E-state index in [1.54, 1.807) is 0 Å². The normalized spacial score (nSPS) is 13.1. The van der Waals surface area contributed by atoms with Crippen LogP contribution in [0.1, 0.15) is 25.0 Å². The monoisotopic (exact) mass is 738 g/mol. The minimum atomic E-state index is -0.0983. The van der Waals surface area contributed by atoms with E-state index in [1.165, 1.54) is 99.1 Å². The Bertz CT molecular complexity index is 3430. The molecule has 11 aromatic rings. The van der Waals surface area contributed by atoms with Crippen LogP contribution in [0.5, 0.6) is 0 Å². The highest BCUT2D eigenvalue weighted by molar-refractivity contribution is 6.22. The summed E-state index contributed by atoms with van der Waals surface area (Å²) in [6, 6.07) is 71.5. The van der Waals surface area contributed by atoms with Gasteiger partial charge >= 0.3 is 0 Å². The van der Waals surface area contributed by atoms with Gasteiger partial charge in [0.25, 0.3) is 0 Å². The van der Waals surface area contributed by atoms with Gasteiger partial charge in [-0.1, -0.05) is 172 Å². The smallest absolute Gasteiger partial charge is 0.135 e. The first-order valence-electron chi connectivity index (χ1n) is 20.3. The molecular formula is C57H38O. The molecule has 58 heavy (non-hydrogen) atoms. The van der Waals surface area contributed by atoms with Gasteiger partial charge < -0.3 is 4.42 Å². The summed E-state index contributed by atoms with van der Waals surface area (Å²) >= 11 is 0. The zero-order valence-corrected chi connectivity index (χ0v) is 32.4. The van der Waals surface area contributed by atoms with Crippen molar-refractivity contribution in [3.05, 3.63) is 205 Å². The average molecular weight is 739 g/mol.